The van der Waals surface area contributed by atoms with Crippen molar-refractivity contribution in [3.8, 4) is 0 Å². The van der Waals surface area contributed by atoms with Gasteiger partial charge >= 0.3 is 5.97 Å². The Kier molecular flexibility index (Phi) is 2.80. The Morgan fingerprint density at radius 1 is 1.71 bits per heavy atom. The van der Waals surface area contributed by atoms with Crippen LogP contribution < -0.4 is 0 Å². The predicted molar refractivity (Wildman–Crippen MR) is 61.2 cm³/mol. The summed E-state index contributed by atoms with van der Waals surface area (Å²) < 4.78 is 7.82. The van der Waals surface area contributed by atoms with Gasteiger partial charge in [-0.1, -0.05) is 0 Å². The van der Waals surface area contributed by atoms with E-state index in [-0.39, 0.29) is 5.97 Å². The molecule has 0 spiro atoms. The van der Waals surface area contributed by atoms with Crippen LogP contribution in [0.15, 0.2) is 12.3 Å². The molecule has 1 fully saturated rings. The van der Waals surface area contributed by atoms with E-state index in [9.17, 15) is 4.79 Å². The van der Waals surface area contributed by atoms with Crippen molar-refractivity contribution in [3.63, 3.8) is 0 Å². The van der Waals surface area contributed by atoms with Crippen LogP contribution in [0.2, 0.25) is 0 Å². The Balaban J connectivity index is 2.22. The van der Waals surface area contributed by atoms with Crippen molar-refractivity contribution >= 4 is 28.6 Å². The molecule has 1 heterocycles. The SMILES string of the molecule is COC(=O)c1cc(I)cn1CC1CC1. The van der Waals surface area contributed by atoms with Gasteiger partial charge in [0.2, 0.25) is 0 Å². The molecule has 2 rings (SSSR count). The minimum Gasteiger partial charge on any atom is -0.464 e. The first-order valence-electron chi connectivity index (χ1n) is 4.64. The third-order valence-electron chi connectivity index (χ3n) is 2.41. The molecule has 14 heavy (non-hydrogen) atoms. The fraction of sp³-hybridized carbons (Fsp3) is 0.500. The molecule has 0 aliphatic heterocycles. The fourth-order valence-corrected chi connectivity index (χ4v) is 2.11. The van der Waals surface area contributed by atoms with Crippen LogP contribution in [-0.4, -0.2) is 17.6 Å². The Morgan fingerprint density at radius 2 is 2.43 bits per heavy atom. The van der Waals surface area contributed by atoms with Gasteiger partial charge in [0.1, 0.15) is 5.69 Å². The number of hydrogen-bond acceptors (Lipinski definition) is 2. The second-order valence-electron chi connectivity index (χ2n) is 3.63. The summed E-state index contributed by atoms with van der Waals surface area (Å²) in [5.74, 6) is 0.523. The maximum atomic E-state index is 11.4. The number of nitrogens with zero attached hydrogens (tertiary/aromatic N) is 1. The highest BCUT2D eigenvalue weighted by molar-refractivity contribution is 14.1. The summed E-state index contributed by atoms with van der Waals surface area (Å²) in [6.07, 6.45) is 4.58. The molecule has 1 aromatic rings. The standard InChI is InChI=1S/C10H12INO2/c1-14-10(13)9-4-8(11)6-12(9)5-7-2-3-7/h4,6-7H,2-3,5H2,1H3. The Labute approximate surface area is 96.6 Å². The lowest BCUT2D eigenvalue weighted by atomic mass is 10.4. The van der Waals surface area contributed by atoms with Crippen LogP contribution in [0.5, 0.6) is 0 Å². The van der Waals surface area contributed by atoms with Crippen molar-refractivity contribution in [3.05, 3.63) is 21.5 Å². The molecule has 0 atom stereocenters. The van der Waals surface area contributed by atoms with E-state index in [4.69, 9.17) is 4.74 Å². The molecule has 76 valence electrons. The largest absolute Gasteiger partial charge is 0.464 e. The normalized spacial score (nSPS) is 15.6. The molecule has 0 radical (unpaired) electrons. The monoisotopic (exact) mass is 305 g/mol. The number of carbonyl (C=O) groups is 1. The molecular formula is C10H12INO2. The Morgan fingerprint density at radius 3 is 3.00 bits per heavy atom. The van der Waals surface area contributed by atoms with Crippen LogP contribution in [0, 0.1) is 9.49 Å². The highest BCUT2D eigenvalue weighted by Gasteiger charge is 2.24. The average molecular weight is 305 g/mol. The maximum absolute atomic E-state index is 11.4. The van der Waals surface area contributed by atoms with Crippen molar-refractivity contribution in [1.82, 2.24) is 4.57 Å². The van der Waals surface area contributed by atoms with Crippen molar-refractivity contribution in [2.75, 3.05) is 7.11 Å². The van der Waals surface area contributed by atoms with E-state index in [1.807, 2.05) is 16.8 Å². The molecule has 0 N–H and O–H groups in total. The van der Waals surface area contributed by atoms with E-state index in [2.05, 4.69) is 22.6 Å². The highest BCUT2D eigenvalue weighted by atomic mass is 127. The van der Waals surface area contributed by atoms with Crippen molar-refractivity contribution in [2.24, 2.45) is 5.92 Å². The number of rotatable bonds is 3. The second kappa shape index (κ2) is 3.92. The van der Waals surface area contributed by atoms with Crippen molar-refractivity contribution < 1.29 is 9.53 Å². The molecule has 0 amide bonds. The first-order valence-corrected chi connectivity index (χ1v) is 5.72. The zero-order chi connectivity index (χ0) is 10.1. The molecular weight excluding hydrogens is 293 g/mol. The molecule has 1 saturated carbocycles. The highest BCUT2D eigenvalue weighted by Crippen LogP contribution is 2.31. The van der Waals surface area contributed by atoms with E-state index < -0.39 is 0 Å². The number of carbonyl (C=O) groups excluding carboxylic acids is 1. The fourth-order valence-electron chi connectivity index (χ4n) is 1.48. The zero-order valence-electron chi connectivity index (χ0n) is 8.00. The molecule has 1 aliphatic rings. The van der Waals surface area contributed by atoms with Crippen LogP contribution in [0.3, 0.4) is 0 Å². The van der Waals surface area contributed by atoms with Gasteiger partial charge in [-0.3, -0.25) is 0 Å². The van der Waals surface area contributed by atoms with E-state index in [0.29, 0.717) is 5.69 Å². The third-order valence-corrected chi connectivity index (χ3v) is 3.00. The first kappa shape index (κ1) is 10.0. The first-order chi connectivity index (χ1) is 6.70. The molecule has 4 heteroatoms. The van der Waals surface area contributed by atoms with Gasteiger partial charge < -0.3 is 9.30 Å². The number of esters is 1. The van der Waals surface area contributed by atoms with Gasteiger partial charge in [-0.15, -0.1) is 0 Å². The van der Waals surface area contributed by atoms with Crippen molar-refractivity contribution in [2.45, 2.75) is 19.4 Å². The molecule has 1 aliphatic carbocycles. The molecule has 0 bridgehead atoms. The number of hydrogen-bond donors (Lipinski definition) is 0. The summed E-state index contributed by atoms with van der Waals surface area (Å²) in [5, 5.41) is 0. The van der Waals surface area contributed by atoms with Gasteiger partial charge in [0.15, 0.2) is 0 Å². The summed E-state index contributed by atoms with van der Waals surface area (Å²) in [4.78, 5) is 11.4. The lowest BCUT2D eigenvalue weighted by Crippen LogP contribution is -2.10. The summed E-state index contributed by atoms with van der Waals surface area (Å²) in [6, 6.07) is 1.87. The van der Waals surface area contributed by atoms with Gasteiger partial charge in [0.05, 0.1) is 7.11 Å². The Bertz CT molecular complexity index is 355. The minimum atomic E-state index is -0.242. The molecule has 0 aromatic carbocycles. The maximum Gasteiger partial charge on any atom is 0.354 e. The summed E-state index contributed by atoms with van der Waals surface area (Å²) in [6.45, 7) is 0.952. The molecule has 1 aromatic heterocycles. The minimum absolute atomic E-state index is 0.242. The average Bonchev–Trinajstić information content (AvgIpc) is 2.89. The number of halogens is 1. The van der Waals surface area contributed by atoms with Gasteiger partial charge in [-0.2, -0.15) is 0 Å². The van der Waals surface area contributed by atoms with Gasteiger partial charge in [-0.05, 0) is 47.4 Å². The summed E-state index contributed by atoms with van der Waals surface area (Å²) >= 11 is 2.21. The van der Waals surface area contributed by atoms with E-state index in [1.54, 1.807) is 0 Å². The van der Waals surface area contributed by atoms with E-state index >= 15 is 0 Å². The molecule has 0 unspecified atom stereocenters. The number of methoxy groups -OCH3 is 1. The molecule has 3 nitrogen and oxygen atoms in total. The number of aromatic nitrogens is 1. The molecule has 0 saturated heterocycles. The quantitative estimate of drug-likeness (QED) is 0.634. The smallest absolute Gasteiger partial charge is 0.354 e. The van der Waals surface area contributed by atoms with Crippen LogP contribution in [0.1, 0.15) is 23.3 Å². The van der Waals surface area contributed by atoms with E-state index in [1.165, 1.54) is 20.0 Å². The third kappa shape index (κ3) is 2.10. The lowest BCUT2D eigenvalue weighted by Gasteiger charge is -2.05. The van der Waals surface area contributed by atoms with Gasteiger partial charge in [-0.25, -0.2) is 4.79 Å². The predicted octanol–water partition coefficient (Wildman–Crippen LogP) is 2.29. The zero-order valence-corrected chi connectivity index (χ0v) is 10.2. The van der Waals surface area contributed by atoms with Crippen LogP contribution in [-0.2, 0) is 11.3 Å². The summed E-state index contributed by atoms with van der Waals surface area (Å²) in [5.41, 5.74) is 0.670. The number of ether oxygens (including phenoxy) is 1. The van der Waals surface area contributed by atoms with E-state index in [0.717, 1.165) is 16.0 Å². The topological polar surface area (TPSA) is 31.2 Å². The summed E-state index contributed by atoms with van der Waals surface area (Å²) in [7, 11) is 1.42. The Hall–Kier alpha value is -0.520. The van der Waals surface area contributed by atoms with Gasteiger partial charge in [0, 0.05) is 16.3 Å². The van der Waals surface area contributed by atoms with Gasteiger partial charge in [0.25, 0.3) is 0 Å². The lowest BCUT2D eigenvalue weighted by molar-refractivity contribution is 0.0588. The van der Waals surface area contributed by atoms with Crippen molar-refractivity contribution in [1.29, 1.82) is 0 Å². The van der Waals surface area contributed by atoms with Crippen LogP contribution in [0.4, 0.5) is 0 Å². The second-order valence-corrected chi connectivity index (χ2v) is 4.88. The van der Waals surface area contributed by atoms with Crippen LogP contribution >= 0.6 is 22.6 Å². The van der Waals surface area contributed by atoms with Crippen LogP contribution in [0.25, 0.3) is 0 Å².